The lowest BCUT2D eigenvalue weighted by Crippen LogP contribution is -2.41. The first-order valence-electron chi connectivity index (χ1n) is 5.57. The van der Waals surface area contributed by atoms with Gasteiger partial charge in [0.15, 0.2) is 0 Å². The summed E-state index contributed by atoms with van der Waals surface area (Å²) in [5, 5.41) is 8.91. The highest BCUT2D eigenvalue weighted by atomic mass is 35.5. The molecule has 0 aliphatic heterocycles. The van der Waals surface area contributed by atoms with Crippen LogP contribution in [0.3, 0.4) is 0 Å². The molecule has 21 heavy (non-hydrogen) atoms. The normalized spacial score (nSPS) is 13.1. The van der Waals surface area contributed by atoms with Crippen LogP contribution in [0.1, 0.15) is 6.42 Å². The molecule has 1 atom stereocenters. The lowest BCUT2D eigenvalue weighted by atomic mass is 10.2. The van der Waals surface area contributed by atoms with E-state index in [-0.39, 0.29) is 26.4 Å². The second-order valence-electron chi connectivity index (χ2n) is 3.99. The van der Waals surface area contributed by atoms with Gasteiger partial charge in [-0.05, 0) is 30.6 Å². The number of carboxylic acids is 1. The van der Waals surface area contributed by atoms with Crippen LogP contribution >= 0.6 is 46.6 Å². The second-order valence-corrected chi connectivity index (χ2v) is 7.88. The van der Waals surface area contributed by atoms with Gasteiger partial charge in [0, 0.05) is 5.02 Å². The van der Waals surface area contributed by atoms with Gasteiger partial charge in [0.25, 0.3) is 0 Å². The van der Waals surface area contributed by atoms with Crippen molar-refractivity contribution in [3.63, 3.8) is 0 Å². The van der Waals surface area contributed by atoms with Crippen LogP contribution in [0, 0.1) is 0 Å². The fourth-order valence-electron chi connectivity index (χ4n) is 1.50. The van der Waals surface area contributed by atoms with Crippen molar-refractivity contribution >= 4 is 62.6 Å². The Morgan fingerprint density at radius 1 is 1.33 bits per heavy atom. The van der Waals surface area contributed by atoms with E-state index < -0.39 is 22.0 Å². The molecule has 118 valence electrons. The van der Waals surface area contributed by atoms with Crippen LogP contribution in [-0.2, 0) is 14.8 Å². The van der Waals surface area contributed by atoms with Crippen LogP contribution in [0.15, 0.2) is 17.0 Å². The zero-order valence-electron chi connectivity index (χ0n) is 10.8. The average Bonchev–Trinajstić information content (AvgIpc) is 2.32. The minimum absolute atomic E-state index is 0.137. The van der Waals surface area contributed by atoms with Gasteiger partial charge >= 0.3 is 5.97 Å². The summed E-state index contributed by atoms with van der Waals surface area (Å²) in [4.78, 5) is 10.7. The van der Waals surface area contributed by atoms with Gasteiger partial charge in [-0.1, -0.05) is 34.8 Å². The Bertz CT molecular complexity index is 613. The van der Waals surface area contributed by atoms with E-state index in [2.05, 4.69) is 4.72 Å². The third kappa shape index (κ3) is 5.19. The first kappa shape index (κ1) is 18.9. The van der Waals surface area contributed by atoms with Gasteiger partial charge in [0.1, 0.15) is 10.9 Å². The maximum absolute atomic E-state index is 12.3. The molecule has 0 heterocycles. The Morgan fingerprint density at radius 3 is 2.29 bits per heavy atom. The molecule has 0 aromatic heterocycles. The minimum atomic E-state index is -4.18. The van der Waals surface area contributed by atoms with Crippen molar-refractivity contribution in [3.8, 4) is 0 Å². The zero-order chi connectivity index (χ0) is 16.2. The predicted molar refractivity (Wildman–Crippen MR) is 86.2 cm³/mol. The fraction of sp³-hybridized carbons (Fsp3) is 0.364. The van der Waals surface area contributed by atoms with Gasteiger partial charge in [0.05, 0.1) is 10.0 Å². The molecule has 0 bridgehead atoms. The van der Waals surface area contributed by atoms with Crippen LogP contribution < -0.4 is 4.72 Å². The molecule has 1 aromatic carbocycles. The smallest absolute Gasteiger partial charge is 0.321 e. The standard InChI is InChI=1S/C11H12Cl3NO4S2/c1-20-3-2-9(11(16)17)15-21(18,19)10-7(13)4-6(12)5-8(10)14/h4-5,9,15H,2-3H2,1H3,(H,16,17). The molecule has 1 aromatic rings. The number of aliphatic carboxylic acids is 1. The Balaban J connectivity index is 3.14. The maximum Gasteiger partial charge on any atom is 0.321 e. The van der Waals surface area contributed by atoms with E-state index in [4.69, 9.17) is 39.9 Å². The van der Waals surface area contributed by atoms with E-state index in [9.17, 15) is 13.2 Å². The summed E-state index contributed by atoms with van der Waals surface area (Å²) in [5.41, 5.74) is 0. The predicted octanol–water partition coefficient (Wildman–Crippen LogP) is 3.13. The number of halogens is 3. The molecule has 0 radical (unpaired) electrons. The number of carbonyl (C=O) groups is 1. The third-order valence-electron chi connectivity index (χ3n) is 2.44. The topological polar surface area (TPSA) is 83.5 Å². The lowest BCUT2D eigenvalue weighted by molar-refractivity contribution is -0.139. The number of hydrogen-bond acceptors (Lipinski definition) is 4. The molecule has 0 fully saturated rings. The molecule has 2 N–H and O–H groups in total. The fourth-order valence-corrected chi connectivity index (χ4v) is 4.74. The molecule has 10 heteroatoms. The average molecular weight is 393 g/mol. The number of thioether (sulfide) groups is 1. The molecular weight excluding hydrogens is 381 g/mol. The van der Waals surface area contributed by atoms with E-state index in [1.54, 1.807) is 6.26 Å². The molecule has 0 aliphatic carbocycles. The molecule has 1 rings (SSSR count). The van der Waals surface area contributed by atoms with Gasteiger partial charge in [-0.15, -0.1) is 0 Å². The van der Waals surface area contributed by atoms with E-state index in [0.29, 0.717) is 5.75 Å². The monoisotopic (exact) mass is 391 g/mol. The quantitative estimate of drug-likeness (QED) is 0.745. The number of rotatable bonds is 7. The first-order chi connectivity index (χ1) is 9.69. The number of sulfonamides is 1. The summed E-state index contributed by atoms with van der Waals surface area (Å²) in [5.74, 6) is -0.782. The van der Waals surface area contributed by atoms with Crippen molar-refractivity contribution in [2.45, 2.75) is 17.4 Å². The Labute approximate surface area is 142 Å². The number of nitrogens with one attached hydrogen (secondary N) is 1. The molecule has 1 unspecified atom stereocenters. The van der Waals surface area contributed by atoms with Crippen molar-refractivity contribution in [1.82, 2.24) is 4.72 Å². The highest BCUT2D eigenvalue weighted by molar-refractivity contribution is 7.98. The first-order valence-corrected chi connectivity index (χ1v) is 9.58. The van der Waals surface area contributed by atoms with Crippen molar-refractivity contribution in [1.29, 1.82) is 0 Å². The summed E-state index contributed by atoms with van der Waals surface area (Å²) in [6.45, 7) is 0. The van der Waals surface area contributed by atoms with Gasteiger partial charge in [0.2, 0.25) is 10.0 Å². The van der Waals surface area contributed by atoms with Crippen molar-refractivity contribution in [2.75, 3.05) is 12.0 Å². The van der Waals surface area contributed by atoms with E-state index in [1.165, 1.54) is 23.9 Å². The number of hydrogen-bond donors (Lipinski definition) is 2. The van der Waals surface area contributed by atoms with Crippen LogP contribution in [0.4, 0.5) is 0 Å². The van der Waals surface area contributed by atoms with Gasteiger partial charge in [-0.25, -0.2) is 8.42 Å². The third-order valence-corrected chi connectivity index (χ3v) is 5.69. The van der Waals surface area contributed by atoms with Crippen LogP contribution in [0.5, 0.6) is 0 Å². The minimum Gasteiger partial charge on any atom is -0.480 e. The Morgan fingerprint density at radius 2 is 1.86 bits per heavy atom. The second kappa shape index (κ2) is 7.89. The number of benzene rings is 1. The Hall–Kier alpha value is -0.180. The summed E-state index contributed by atoms with van der Waals surface area (Å²) < 4.78 is 26.6. The lowest BCUT2D eigenvalue weighted by Gasteiger charge is -2.16. The van der Waals surface area contributed by atoms with Crippen molar-refractivity contribution in [2.24, 2.45) is 0 Å². The molecule has 0 saturated heterocycles. The summed E-state index contributed by atoms with van der Waals surface area (Å²) in [6.07, 6.45) is 1.93. The number of carboxylic acid groups (broad SMARTS) is 1. The summed E-state index contributed by atoms with van der Waals surface area (Å²) >= 11 is 18.8. The zero-order valence-corrected chi connectivity index (χ0v) is 14.7. The van der Waals surface area contributed by atoms with Crippen LogP contribution in [0.2, 0.25) is 15.1 Å². The van der Waals surface area contributed by atoms with Gasteiger partial charge in [-0.2, -0.15) is 16.5 Å². The van der Waals surface area contributed by atoms with Crippen LogP contribution in [0.25, 0.3) is 0 Å². The molecule has 0 spiro atoms. The molecule has 0 saturated carbocycles. The van der Waals surface area contributed by atoms with E-state index >= 15 is 0 Å². The molecular formula is C11H12Cl3NO4S2. The SMILES string of the molecule is CSCCC(NS(=O)(=O)c1c(Cl)cc(Cl)cc1Cl)C(=O)O. The molecule has 5 nitrogen and oxygen atoms in total. The molecule has 0 amide bonds. The highest BCUT2D eigenvalue weighted by Crippen LogP contribution is 2.32. The van der Waals surface area contributed by atoms with Crippen molar-refractivity contribution in [3.05, 3.63) is 27.2 Å². The van der Waals surface area contributed by atoms with E-state index in [1.807, 2.05) is 0 Å². The maximum atomic E-state index is 12.3. The summed E-state index contributed by atoms with van der Waals surface area (Å²) in [6, 6.07) is 1.19. The van der Waals surface area contributed by atoms with Crippen molar-refractivity contribution < 1.29 is 18.3 Å². The highest BCUT2D eigenvalue weighted by Gasteiger charge is 2.28. The largest absolute Gasteiger partial charge is 0.480 e. The van der Waals surface area contributed by atoms with E-state index in [0.717, 1.165) is 0 Å². The Kier molecular flexibility index (Phi) is 7.09. The van der Waals surface area contributed by atoms with Crippen LogP contribution in [-0.4, -0.2) is 37.5 Å². The summed E-state index contributed by atoms with van der Waals surface area (Å²) in [7, 11) is -4.18. The van der Waals surface area contributed by atoms with Gasteiger partial charge in [-0.3, -0.25) is 4.79 Å². The van der Waals surface area contributed by atoms with Gasteiger partial charge < -0.3 is 5.11 Å². The molecule has 0 aliphatic rings.